The minimum Gasteiger partial charge on any atom is -0.454 e. The van der Waals surface area contributed by atoms with E-state index in [1.165, 1.54) is 0 Å². The summed E-state index contributed by atoms with van der Waals surface area (Å²) >= 11 is 0. The van der Waals surface area contributed by atoms with Crippen molar-refractivity contribution in [3.63, 3.8) is 0 Å². The summed E-state index contributed by atoms with van der Waals surface area (Å²) in [6.07, 6.45) is 2.73. The monoisotopic (exact) mass is 418 g/mol. The van der Waals surface area contributed by atoms with Crippen molar-refractivity contribution in [2.75, 3.05) is 12.1 Å². The van der Waals surface area contributed by atoms with E-state index in [0.29, 0.717) is 22.7 Å². The van der Waals surface area contributed by atoms with Crippen molar-refractivity contribution < 1.29 is 23.8 Å². The van der Waals surface area contributed by atoms with Gasteiger partial charge in [-0.2, -0.15) is 0 Å². The molecule has 0 saturated carbocycles. The number of para-hydroxylation sites is 1. The first-order valence-corrected chi connectivity index (χ1v) is 10.4. The number of hydrogen-bond acceptors (Lipinski definition) is 6. The molecule has 1 aliphatic carbocycles. The second-order valence-electron chi connectivity index (χ2n) is 7.74. The van der Waals surface area contributed by atoms with E-state index in [-0.39, 0.29) is 6.79 Å². The lowest BCUT2D eigenvalue weighted by molar-refractivity contribution is -0.123. The summed E-state index contributed by atoms with van der Waals surface area (Å²) in [4.78, 5) is 30.6. The summed E-state index contributed by atoms with van der Waals surface area (Å²) in [5.41, 5.74) is 3.74. The highest BCUT2D eigenvalue weighted by molar-refractivity contribution is 6.06. The average Bonchev–Trinajstić information content (AvgIpc) is 3.25. The van der Waals surface area contributed by atoms with Crippen LogP contribution in [0.4, 0.5) is 5.69 Å². The summed E-state index contributed by atoms with van der Waals surface area (Å²) in [5, 5.41) is 3.52. The molecule has 1 aromatic heterocycles. The number of nitrogens with one attached hydrogen (secondary N) is 1. The number of carbonyl (C=O) groups excluding carboxylic acids is 2. The Bertz CT molecular complexity index is 1190. The van der Waals surface area contributed by atoms with Crippen LogP contribution in [0.2, 0.25) is 0 Å². The lowest BCUT2D eigenvalue weighted by Gasteiger charge is -2.21. The van der Waals surface area contributed by atoms with E-state index in [9.17, 15) is 9.59 Å². The average molecular weight is 418 g/mol. The Morgan fingerprint density at radius 2 is 1.87 bits per heavy atom. The Hall–Kier alpha value is -3.61. The smallest absolute Gasteiger partial charge is 0.339 e. The minimum absolute atomic E-state index is 0.158. The van der Waals surface area contributed by atoms with Gasteiger partial charge < -0.3 is 19.5 Å². The summed E-state index contributed by atoms with van der Waals surface area (Å²) < 4.78 is 16.2. The number of pyridine rings is 1. The molecule has 0 bridgehead atoms. The van der Waals surface area contributed by atoms with Gasteiger partial charge in [0.25, 0.3) is 5.91 Å². The molecule has 0 unspecified atom stereocenters. The van der Waals surface area contributed by atoms with E-state index in [1.54, 1.807) is 25.1 Å². The zero-order chi connectivity index (χ0) is 21.4. The third-order valence-electron chi connectivity index (χ3n) is 5.67. The Morgan fingerprint density at radius 1 is 1.06 bits per heavy atom. The van der Waals surface area contributed by atoms with Crippen LogP contribution in [-0.2, 0) is 22.4 Å². The predicted octanol–water partition coefficient (Wildman–Crippen LogP) is 4.03. The van der Waals surface area contributed by atoms with Crippen molar-refractivity contribution in [2.24, 2.45) is 0 Å². The van der Waals surface area contributed by atoms with Gasteiger partial charge in [-0.15, -0.1) is 0 Å². The highest BCUT2D eigenvalue weighted by Gasteiger charge is 2.26. The zero-order valence-electron chi connectivity index (χ0n) is 17.1. The van der Waals surface area contributed by atoms with Gasteiger partial charge in [0.05, 0.1) is 11.1 Å². The molecule has 2 aliphatic rings. The quantitative estimate of drug-likeness (QED) is 0.644. The Morgan fingerprint density at radius 3 is 2.77 bits per heavy atom. The first-order valence-electron chi connectivity index (χ1n) is 10.4. The lowest BCUT2D eigenvalue weighted by atomic mass is 9.90. The molecule has 7 heteroatoms. The molecule has 0 spiro atoms. The van der Waals surface area contributed by atoms with Gasteiger partial charge in [-0.3, -0.25) is 9.78 Å². The number of carbonyl (C=O) groups is 2. The van der Waals surface area contributed by atoms with E-state index < -0.39 is 18.0 Å². The van der Waals surface area contributed by atoms with E-state index in [4.69, 9.17) is 19.2 Å². The summed E-state index contributed by atoms with van der Waals surface area (Å²) in [6.45, 7) is 1.72. The van der Waals surface area contributed by atoms with Crippen molar-refractivity contribution >= 4 is 28.5 Å². The number of amides is 1. The molecular formula is C24H22N2O5. The van der Waals surface area contributed by atoms with Crippen LogP contribution in [0.1, 0.15) is 41.4 Å². The molecule has 31 heavy (non-hydrogen) atoms. The van der Waals surface area contributed by atoms with Gasteiger partial charge in [-0.1, -0.05) is 18.2 Å². The van der Waals surface area contributed by atoms with Gasteiger partial charge in [-0.05, 0) is 56.4 Å². The van der Waals surface area contributed by atoms with Crippen LogP contribution in [0.3, 0.4) is 0 Å². The predicted molar refractivity (Wildman–Crippen MR) is 114 cm³/mol. The number of rotatable bonds is 4. The Balaban J connectivity index is 1.37. The van der Waals surface area contributed by atoms with E-state index in [2.05, 4.69) is 5.32 Å². The first kappa shape index (κ1) is 19.4. The van der Waals surface area contributed by atoms with Crippen LogP contribution < -0.4 is 14.8 Å². The molecular weight excluding hydrogens is 396 g/mol. The van der Waals surface area contributed by atoms with Crippen LogP contribution in [0.25, 0.3) is 10.9 Å². The van der Waals surface area contributed by atoms with Gasteiger partial charge in [-0.25, -0.2) is 4.79 Å². The van der Waals surface area contributed by atoms with Gasteiger partial charge >= 0.3 is 5.97 Å². The normalized spacial score (nSPS) is 15.3. The number of esters is 1. The fourth-order valence-electron chi connectivity index (χ4n) is 4.10. The molecule has 0 saturated heterocycles. The van der Waals surface area contributed by atoms with Crippen molar-refractivity contribution in [1.82, 2.24) is 4.98 Å². The lowest BCUT2D eigenvalue weighted by Crippen LogP contribution is -2.30. The van der Waals surface area contributed by atoms with Crippen molar-refractivity contribution in [2.45, 2.75) is 38.7 Å². The molecule has 158 valence electrons. The van der Waals surface area contributed by atoms with E-state index >= 15 is 0 Å². The van der Waals surface area contributed by atoms with Crippen LogP contribution >= 0.6 is 0 Å². The first-order chi connectivity index (χ1) is 15.1. The fraction of sp³-hybridized carbons (Fsp3) is 0.292. The number of aryl methyl sites for hydroxylation is 1. The van der Waals surface area contributed by atoms with Crippen LogP contribution in [0.15, 0.2) is 42.5 Å². The van der Waals surface area contributed by atoms with E-state index in [1.807, 2.05) is 24.3 Å². The number of fused-ring (bicyclic) bond motifs is 3. The summed E-state index contributed by atoms with van der Waals surface area (Å²) in [6, 6.07) is 12.7. The highest BCUT2D eigenvalue weighted by Crippen LogP contribution is 2.34. The maximum absolute atomic E-state index is 13.2. The number of hydrogen-bond donors (Lipinski definition) is 1. The molecule has 1 aliphatic heterocycles. The molecule has 1 N–H and O–H groups in total. The second kappa shape index (κ2) is 7.91. The van der Waals surface area contributed by atoms with Crippen molar-refractivity contribution in [3.8, 4) is 11.5 Å². The maximum Gasteiger partial charge on any atom is 0.339 e. The molecule has 1 atom stereocenters. The zero-order valence-corrected chi connectivity index (χ0v) is 17.1. The molecule has 3 aromatic rings. The standard InChI is InChI=1S/C24H22N2O5/c1-14(23(27)25-15-10-11-20-21(12-15)30-13-29-20)31-24(28)22-16-6-2-4-8-18(16)26-19-9-5-3-7-17(19)22/h2,4,6,8,10-12,14H,3,5,7,9,13H2,1H3,(H,25,27)/t14-/m0/s1. The summed E-state index contributed by atoms with van der Waals surface area (Å²) in [7, 11) is 0. The van der Waals surface area contributed by atoms with Gasteiger partial charge in [0.1, 0.15) is 0 Å². The highest BCUT2D eigenvalue weighted by atomic mass is 16.7. The van der Waals surface area contributed by atoms with E-state index in [0.717, 1.165) is 47.8 Å². The van der Waals surface area contributed by atoms with Crippen molar-refractivity contribution in [1.29, 1.82) is 0 Å². The SMILES string of the molecule is C[C@H](OC(=O)c1c2c(nc3ccccc13)CCCC2)C(=O)Nc1ccc2c(c1)OCO2. The largest absolute Gasteiger partial charge is 0.454 e. The molecule has 7 nitrogen and oxygen atoms in total. The van der Waals surface area contributed by atoms with Crippen molar-refractivity contribution in [3.05, 3.63) is 59.3 Å². The third-order valence-corrected chi connectivity index (χ3v) is 5.67. The molecule has 2 aromatic carbocycles. The molecule has 1 amide bonds. The third kappa shape index (κ3) is 3.67. The summed E-state index contributed by atoms with van der Waals surface area (Å²) in [5.74, 6) is 0.286. The Kier molecular flexibility index (Phi) is 4.94. The van der Waals surface area contributed by atoms with Gasteiger partial charge in [0.15, 0.2) is 17.6 Å². The van der Waals surface area contributed by atoms with Gasteiger partial charge in [0, 0.05) is 22.8 Å². The second-order valence-corrected chi connectivity index (χ2v) is 7.74. The molecule has 0 radical (unpaired) electrons. The number of benzene rings is 2. The fourth-order valence-corrected chi connectivity index (χ4v) is 4.10. The number of anilines is 1. The Labute approximate surface area is 179 Å². The number of nitrogens with zero attached hydrogens (tertiary/aromatic N) is 1. The number of aromatic nitrogens is 1. The molecule has 2 heterocycles. The van der Waals surface area contributed by atoms with Crippen LogP contribution in [0, 0.1) is 0 Å². The minimum atomic E-state index is -0.968. The van der Waals surface area contributed by atoms with Gasteiger partial charge in [0.2, 0.25) is 6.79 Å². The van der Waals surface area contributed by atoms with Crippen LogP contribution in [0.5, 0.6) is 11.5 Å². The maximum atomic E-state index is 13.2. The van der Waals surface area contributed by atoms with Crippen LogP contribution in [-0.4, -0.2) is 29.8 Å². The molecule has 5 rings (SSSR count). The molecule has 0 fully saturated rings. The number of ether oxygens (including phenoxy) is 3. The topological polar surface area (TPSA) is 86.8 Å².